The van der Waals surface area contributed by atoms with E-state index in [2.05, 4.69) is 20.4 Å². The van der Waals surface area contributed by atoms with Crippen LogP contribution in [0, 0.1) is 0 Å². The number of nitrogens with zero attached hydrogens (tertiary/aromatic N) is 1. The Bertz CT molecular complexity index is 1030. The zero-order chi connectivity index (χ0) is 20.6. The Kier molecular flexibility index (Phi) is 6.32. The molecule has 0 bridgehead atoms. The second-order valence-corrected chi connectivity index (χ2v) is 6.12. The van der Waals surface area contributed by atoms with E-state index in [0.717, 1.165) is 5.56 Å². The van der Waals surface area contributed by atoms with E-state index in [9.17, 15) is 14.4 Å². The molecule has 0 fully saturated rings. The fraction of sp³-hybridized carbons (Fsp3) is 0.0909. The first-order valence-electron chi connectivity index (χ1n) is 8.85. The van der Waals surface area contributed by atoms with Gasteiger partial charge in [0.05, 0.1) is 12.7 Å². The first kappa shape index (κ1) is 19.8. The molecule has 2 N–H and O–H groups in total. The van der Waals surface area contributed by atoms with Crippen molar-refractivity contribution in [3.8, 4) is 0 Å². The number of amides is 2. The summed E-state index contributed by atoms with van der Waals surface area (Å²) >= 11 is 0. The lowest BCUT2D eigenvalue weighted by atomic mass is 10.1. The SMILES string of the molecule is COC(=O)c1cccc(NC(=O)c2ccnc(C(=O)NCc3ccccc3)c2)c1. The number of esters is 1. The maximum absolute atomic E-state index is 12.5. The maximum Gasteiger partial charge on any atom is 0.337 e. The molecule has 1 aromatic heterocycles. The molecular weight excluding hydrogens is 370 g/mol. The largest absolute Gasteiger partial charge is 0.465 e. The van der Waals surface area contributed by atoms with Crippen molar-refractivity contribution < 1.29 is 19.1 Å². The summed E-state index contributed by atoms with van der Waals surface area (Å²) < 4.78 is 4.67. The van der Waals surface area contributed by atoms with E-state index in [1.165, 1.54) is 31.5 Å². The Morgan fingerprint density at radius 2 is 1.69 bits per heavy atom. The van der Waals surface area contributed by atoms with Crippen molar-refractivity contribution in [3.05, 3.63) is 95.3 Å². The van der Waals surface area contributed by atoms with Crippen LogP contribution >= 0.6 is 0 Å². The molecule has 0 aliphatic carbocycles. The summed E-state index contributed by atoms with van der Waals surface area (Å²) in [6, 6.07) is 18.8. The first-order valence-corrected chi connectivity index (χ1v) is 8.85. The Labute approximate surface area is 167 Å². The number of pyridine rings is 1. The minimum absolute atomic E-state index is 0.136. The molecule has 0 radical (unpaired) electrons. The lowest BCUT2D eigenvalue weighted by Gasteiger charge is -2.08. The van der Waals surface area contributed by atoms with Gasteiger partial charge >= 0.3 is 5.97 Å². The van der Waals surface area contributed by atoms with Crippen molar-refractivity contribution in [2.45, 2.75) is 6.54 Å². The number of hydrogen-bond acceptors (Lipinski definition) is 5. The van der Waals surface area contributed by atoms with Crippen LogP contribution in [-0.4, -0.2) is 29.9 Å². The third-order valence-electron chi connectivity index (χ3n) is 4.09. The van der Waals surface area contributed by atoms with Gasteiger partial charge in [-0.15, -0.1) is 0 Å². The van der Waals surface area contributed by atoms with Crippen molar-refractivity contribution in [2.75, 3.05) is 12.4 Å². The molecule has 29 heavy (non-hydrogen) atoms. The van der Waals surface area contributed by atoms with Gasteiger partial charge in [-0.05, 0) is 35.9 Å². The Morgan fingerprint density at radius 3 is 2.45 bits per heavy atom. The van der Waals surface area contributed by atoms with E-state index >= 15 is 0 Å². The molecule has 0 spiro atoms. The van der Waals surface area contributed by atoms with Crippen LogP contribution in [0.2, 0.25) is 0 Å². The van der Waals surface area contributed by atoms with Gasteiger partial charge in [-0.3, -0.25) is 14.6 Å². The molecule has 3 aromatic rings. The van der Waals surface area contributed by atoms with Crippen molar-refractivity contribution in [1.82, 2.24) is 10.3 Å². The molecule has 3 rings (SSSR count). The number of rotatable bonds is 6. The van der Waals surface area contributed by atoms with Crippen LogP contribution in [0.4, 0.5) is 5.69 Å². The van der Waals surface area contributed by atoms with Crippen LogP contribution < -0.4 is 10.6 Å². The Morgan fingerprint density at radius 1 is 0.897 bits per heavy atom. The van der Waals surface area contributed by atoms with E-state index in [1.807, 2.05) is 30.3 Å². The third kappa shape index (κ3) is 5.26. The van der Waals surface area contributed by atoms with Gasteiger partial charge in [0.1, 0.15) is 5.69 Å². The third-order valence-corrected chi connectivity index (χ3v) is 4.09. The number of nitrogens with one attached hydrogen (secondary N) is 2. The molecular formula is C22H19N3O4. The van der Waals surface area contributed by atoms with Gasteiger partial charge in [0.15, 0.2) is 0 Å². The standard InChI is InChI=1S/C22H19N3O4/c1-29-22(28)17-8-5-9-18(12-17)25-20(26)16-10-11-23-19(13-16)21(27)24-14-15-6-3-2-4-7-15/h2-13H,14H2,1H3,(H,24,27)(H,25,26). The molecule has 2 aromatic carbocycles. The van der Waals surface area contributed by atoms with Crippen LogP contribution in [0.3, 0.4) is 0 Å². The van der Waals surface area contributed by atoms with Gasteiger partial charge in [0, 0.05) is 24.0 Å². The van der Waals surface area contributed by atoms with Crippen molar-refractivity contribution in [1.29, 1.82) is 0 Å². The summed E-state index contributed by atoms with van der Waals surface area (Å²) in [6.45, 7) is 0.359. The summed E-state index contributed by atoms with van der Waals surface area (Å²) in [6.07, 6.45) is 1.40. The number of carbonyl (C=O) groups excluding carboxylic acids is 3. The highest BCUT2D eigenvalue weighted by Crippen LogP contribution is 2.13. The summed E-state index contributed by atoms with van der Waals surface area (Å²) in [7, 11) is 1.29. The van der Waals surface area contributed by atoms with Crippen LogP contribution in [-0.2, 0) is 11.3 Å². The number of carbonyl (C=O) groups is 3. The molecule has 1 heterocycles. The average molecular weight is 389 g/mol. The predicted octanol–water partition coefficient (Wildman–Crippen LogP) is 3.05. The summed E-state index contributed by atoms with van der Waals surface area (Å²) in [4.78, 5) is 40.5. The number of methoxy groups -OCH3 is 1. The average Bonchev–Trinajstić information content (AvgIpc) is 2.77. The van der Waals surface area contributed by atoms with E-state index in [1.54, 1.807) is 18.2 Å². The fourth-order valence-corrected chi connectivity index (χ4v) is 2.61. The lowest BCUT2D eigenvalue weighted by Crippen LogP contribution is -2.24. The number of benzene rings is 2. The van der Waals surface area contributed by atoms with Crippen molar-refractivity contribution in [2.24, 2.45) is 0 Å². The van der Waals surface area contributed by atoms with Gasteiger partial charge in [-0.25, -0.2) is 4.79 Å². The lowest BCUT2D eigenvalue weighted by molar-refractivity contribution is 0.0600. The first-order chi connectivity index (χ1) is 14.1. The highest BCUT2D eigenvalue weighted by molar-refractivity contribution is 6.06. The second kappa shape index (κ2) is 9.27. The molecule has 7 heteroatoms. The van der Waals surface area contributed by atoms with Crippen molar-refractivity contribution >= 4 is 23.5 Å². The molecule has 0 unspecified atom stereocenters. The predicted molar refractivity (Wildman–Crippen MR) is 108 cm³/mol. The van der Waals surface area contributed by atoms with Crippen LogP contribution in [0.15, 0.2) is 72.9 Å². The van der Waals surface area contributed by atoms with Crippen LogP contribution in [0.1, 0.15) is 36.8 Å². The van der Waals surface area contributed by atoms with E-state index in [-0.39, 0.29) is 17.2 Å². The topological polar surface area (TPSA) is 97.4 Å². The molecule has 146 valence electrons. The van der Waals surface area contributed by atoms with E-state index in [4.69, 9.17) is 0 Å². The number of anilines is 1. The molecule has 0 aliphatic rings. The minimum Gasteiger partial charge on any atom is -0.465 e. The summed E-state index contributed by atoms with van der Waals surface area (Å²) in [5, 5.41) is 5.47. The summed E-state index contributed by atoms with van der Waals surface area (Å²) in [5.41, 5.74) is 2.12. The highest BCUT2D eigenvalue weighted by Gasteiger charge is 2.13. The monoisotopic (exact) mass is 389 g/mol. The van der Waals surface area contributed by atoms with Gasteiger partial charge in [0.2, 0.25) is 0 Å². The normalized spacial score (nSPS) is 10.1. The molecule has 0 aliphatic heterocycles. The second-order valence-electron chi connectivity index (χ2n) is 6.12. The van der Waals surface area contributed by atoms with Crippen LogP contribution in [0.5, 0.6) is 0 Å². The zero-order valence-corrected chi connectivity index (χ0v) is 15.7. The molecule has 0 saturated heterocycles. The highest BCUT2D eigenvalue weighted by atomic mass is 16.5. The minimum atomic E-state index is -0.498. The fourth-order valence-electron chi connectivity index (χ4n) is 2.61. The van der Waals surface area contributed by atoms with Crippen molar-refractivity contribution in [3.63, 3.8) is 0 Å². The number of aromatic nitrogens is 1. The number of ether oxygens (including phenoxy) is 1. The molecule has 0 saturated carbocycles. The van der Waals surface area contributed by atoms with Crippen LogP contribution in [0.25, 0.3) is 0 Å². The molecule has 0 atom stereocenters. The Balaban J connectivity index is 1.67. The van der Waals surface area contributed by atoms with Gasteiger partial charge in [-0.1, -0.05) is 36.4 Å². The summed E-state index contributed by atoms with van der Waals surface area (Å²) in [5.74, 6) is -1.30. The zero-order valence-electron chi connectivity index (χ0n) is 15.7. The molecule has 7 nitrogen and oxygen atoms in total. The van der Waals surface area contributed by atoms with Gasteiger partial charge in [0.25, 0.3) is 11.8 Å². The van der Waals surface area contributed by atoms with Gasteiger partial charge in [-0.2, -0.15) is 0 Å². The molecule has 2 amide bonds. The van der Waals surface area contributed by atoms with Gasteiger partial charge < -0.3 is 15.4 Å². The maximum atomic E-state index is 12.5. The quantitative estimate of drug-likeness (QED) is 0.632. The van der Waals surface area contributed by atoms with E-state index < -0.39 is 11.9 Å². The van der Waals surface area contributed by atoms with E-state index in [0.29, 0.717) is 17.8 Å². The Hall–Kier alpha value is -4.00. The number of hydrogen-bond donors (Lipinski definition) is 2. The smallest absolute Gasteiger partial charge is 0.337 e.